The van der Waals surface area contributed by atoms with Crippen LogP contribution in [0.15, 0.2) is 60.8 Å². The van der Waals surface area contributed by atoms with Crippen LogP contribution in [0, 0.1) is 12.3 Å². The fourth-order valence-corrected chi connectivity index (χ4v) is 5.43. The summed E-state index contributed by atoms with van der Waals surface area (Å²) in [7, 11) is 0. The predicted octanol–water partition coefficient (Wildman–Crippen LogP) is 4.59. The first kappa shape index (κ1) is 21.3. The number of aromatic nitrogens is 2. The van der Waals surface area contributed by atoms with Gasteiger partial charge in [-0.2, -0.15) is 0 Å². The van der Waals surface area contributed by atoms with Gasteiger partial charge < -0.3 is 9.47 Å². The van der Waals surface area contributed by atoms with Crippen LogP contribution in [0.2, 0.25) is 0 Å². The fourth-order valence-electron chi connectivity index (χ4n) is 5.43. The smallest absolute Gasteiger partial charge is 0.232 e. The van der Waals surface area contributed by atoms with Crippen LogP contribution in [0.3, 0.4) is 0 Å². The van der Waals surface area contributed by atoms with E-state index in [1.807, 2.05) is 6.07 Å². The molecule has 2 aliphatic heterocycles. The average molecular weight is 456 g/mol. The van der Waals surface area contributed by atoms with Crippen molar-refractivity contribution in [1.29, 1.82) is 0 Å². The van der Waals surface area contributed by atoms with Gasteiger partial charge in [-0.05, 0) is 49.1 Å². The lowest BCUT2D eigenvalue weighted by atomic mass is 9.60. The van der Waals surface area contributed by atoms with E-state index in [2.05, 4.69) is 65.4 Å². The van der Waals surface area contributed by atoms with Crippen molar-refractivity contribution < 1.29 is 14.3 Å². The van der Waals surface area contributed by atoms with Gasteiger partial charge in [0.05, 0.1) is 18.9 Å². The molecule has 1 amide bonds. The number of benzene rings is 2. The molecule has 0 N–H and O–H groups in total. The van der Waals surface area contributed by atoms with Crippen molar-refractivity contribution in [2.75, 3.05) is 24.7 Å². The molecule has 1 saturated carbocycles. The van der Waals surface area contributed by atoms with Crippen LogP contribution < -0.4 is 9.64 Å². The number of amides is 1. The van der Waals surface area contributed by atoms with Crippen LogP contribution in [0.4, 0.5) is 5.95 Å². The summed E-state index contributed by atoms with van der Waals surface area (Å²) in [5, 5.41) is 0. The van der Waals surface area contributed by atoms with Crippen LogP contribution in [-0.2, 0) is 21.6 Å². The molecule has 174 valence electrons. The van der Waals surface area contributed by atoms with E-state index in [0.717, 1.165) is 11.4 Å². The van der Waals surface area contributed by atoms with Crippen LogP contribution in [0.1, 0.15) is 48.1 Å². The maximum Gasteiger partial charge on any atom is 0.232 e. The first-order valence-electron chi connectivity index (χ1n) is 12.1. The number of hydrogen-bond acceptors (Lipinski definition) is 5. The van der Waals surface area contributed by atoms with Crippen LogP contribution in [0.5, 0.6) is 5.75 Å². The molecule has 34 heavy (non-hydrogen) atoms. The van der Waals surface area contributed by atoms with Crippen molar-refractivity contribution in [3.05, 3.63) is 83.2 Å². The molecule has 3 aromatic rings. The molecule has 0 atom stereocenters. The highest BCUT2D eigenvalue weighted by molar-refractivity contribution is 5.94. The Balaban J connectivity index is 1.13. The molecule has 6 rings (SSSR count). The summed E-state index contributed by atoms with van der Waals surface area (Å²) in [4.78, 5) is 23.1. The molecule has 1 spiro atoms. The Morgan fingerprint density at radius 3 is 2.29 bits per heavy atom. The van der Waals surface area contributed by atoms with Crippen molar-refractivity contribution >= 4 is 11.9 Å². The van der Waals surface area contributed by atoms with Gasteiger partial charge in [-0.25, -0.2) is 9.97 Å². The zero-order valence-corrected chi connectivity index (χ0v) is 19.5. The Morgan fingerprint density at radius 2 is 1.71 bits per heavy atom. The average Bonchev–Trinajstić information content (AvgIpc) is 3.18. The Hall–Kier alpha value is -3.25. The van der Waals surface area contributed by atoms with Crippen molar-refractivity contribution in [3.8, 4) is 5.75 Å². The number of carbonyl (C=O) groups excluding carboxylic acids is 1. The van der Waals surface area contributed by atoms with Crippen molar-refractivity contribution in [1.82, 2.24) is 9.97 Å². The number of anilines is 1. The van der Waals surface area contributed by atoms with Gasteiger partial charge in [-0.1, -0.05) is 48.4 Å². The molecular weight excluding hydrogens is 426 g/mol. The van der Waals surface area contributed by atoms with Gasteiger partial charge in [0.25, 0.3) is 0 Å². The Morgan fingerprint density at radius 1 is 1.00 bits per heavy atom. The maximum atomic E-state index is 12.5. The number of ether oxygens (including phenoxy) is 2. The van der Waals surface area contributed by atoms with Crippen LogP contribution in [-0.4, -0.2) is 35.6 Å². The van der Waals surface area contributed by atoms with Gasteiger partial charge in [0.2, 0.25) is 11.9 Å². The largest absolute Gasteiger partial charge is 0.487 e. The summed E-state index contributed by atoms with van der Waals surface area (Å²) >= 11 is 0. The van der Waals surface area contributed by atoms with Crippen LogP contribution >= 0.6 is 0 Å². The Bertz CT molecular complexity index is 1200. The van der Waals surface area contributed by atoms with E-state index in [-0.39, 0.29) is 16.7 Å². The minimum absolute atomic E-state index is 0.0505. The number of nitrogens with zero attached hydrogens (tertiary/aromatic N) is 3. The van der Waals surface area contributed by atoms with E-state index < -0.39 is 0 Å². The molecule has 0 radical (unpaired) electrons. The molecule has 3 aliphatic rings. The minimum Gasteiger partial charge on any atom is -0.487 e. The number of rotatable bonds is 6. The van der Waals surface area contributed by atoms with Crippen LogP contribution in [0.25, 0.3) is 0 Å². The predicted molar refractivity (Wildman–Crippen MR) is 129 cm³/mol. The van der Waals surface area contributed by atoms with Gasteiger partial charge in [0.1, 0.15) is 12.4 Å². The van der Waals surface area contributed by atoms with Gasteiger partial charge in [-0.3, -0.25) is 9.69 Å². The van der Waals surface area contributed by atoms with Crippen molar-refractivity contribution in [2.24, 2.45) is 5.41 Å². The third-order valence-corrected chi connectivity index (χ3v) is 7.68. The molecule has 3 fully saturated rings. The molecule has 2 aromatic carbocycles. The van der Waals surface area contributed by atoms with Gasteiger partial charge in [0, 0.05) is 30.0 Å². The third kappa shape index (κ3) is 3.66. The summed E-state index contributed by atoms with van der Waals surface area (Å²) in [5.41, 5.74) is 4.87. The SMILES string of the molecule is Cc1ccc(C2(c3ccc(OCc4ccnc(N5CC6(COC6)CC5=O)n4)cc3)CCC2)cc1. The summed E-state index contributed by atoms with van der Waals surface area (Å²) in [6.07, 6.45) is 5.83. The summed E-state index contributed by atoms with van der Waals surface area (Å²) in [5.74, 6) is 1.33. The van der Waals surface area contributed by atoms with Crippen molar-refractivity contribution in [2.45, 2.75) is 44.6 Å². The second kappa shape index (κ2) is 8.20. The number of aryl methyl sites for hydroxylation is 1. The minimum atomic E-state index is -0.0505. The quantitative estimate of drug-likeness (QED) is 0.544. The summed E-state index contributed by atoms with van der Waals surface area (Å²) < 4.78 is 11.4. The maximum absolute atomic E-state index is 12.5. The lowest BCUT2D eigenvalue weighted by Gasteiger charge is -2.43. The zero-order valence-electron chi connectivity index (χ0n) is 19.5. The van der Waals surface area contributed by atoms with Gasteiger partial charge in [0.15, 0.2) is 0 Å². The Labute approximate surface area is 199 Å². The van der Waals surface area contributed by atoms with E-state index in [9.17, 15) is 4.79 Å². The fraction of sp³-hybridized carbons (Fsp3) is 0.393. The molecule has 0 bridgehead atoms. The van der Waals surface area contributed by atoms with Gasteiger partial charge in [-0.15, -0.1) is 0 Å². The van der Waals surface area contributed by atoms with E-state index >= 15 is 0 Å². The first-order valence-corrected chi connectivity index (χ1v) is 12.1. The highest BCUT2D eigenvalue weighted by Crippen LogP contribution is 2.49. The Kier molecular flexibility index (Phi) is 5.14. The molecular formula is C28H29N3O3. The normalized spacial score (nSPS) is 20.1. The monoisotopic (exact) mass is 455 g/mol. The molecule has 0 unspecified atom stereocenters. The second-order valence-corrected chi connectivity index (χ2v) is 10.1. The third-order valence-electron chi connectivity index (χ3n) is 7.68. The molecule has 6 heteroatoms. The number of carbonyl (C=O) groups is 1. The summed E-state index contributed by atoms with van der Waals surface area (Å²) in [6.45, 7) is 4.36. The number of hydrogen-bond donors (Lipinski definition) is 0. The highest BCUT2D eigenvalue weighted by atomic mass is 16.5. The molecule has 1 aliphatic carbocycles. The summed E-state index contributed by atoms with van der Waals surface area (Å²) in [6, 6.07) is 19.3. The van der Waals surface area contributed by atoms with E-state index in [1.54, 1.807) is 11.1 Å². The highest BCUT2D eigenvalue weighted by Gasteiger charge is 2.49. The van der Waals surface area contributed by atoms with Gasteiger partial charge >= 0.3 is 0 Å². The van der Waals surface area contributed by atoms with E-state index in [0.29, 0.717) is 38.7 Å². The molecule has 2 saturated heterocycles. The molecule has 1 aromatic heterocycles. The lowest BCUT2D eigenvalue weighted by molar-refractivity contribution is -0.126. The second-order valence-electron chi connectivity index (χ2n) is 10.1. The zero-order chi connectivity index (χ0) is 23.2. The topological polar surface area (TPSA) is 64.6 Å². The van der Waals surface area contributed by atoms with Crippen molar-refractivity contribution in [3.63, 3.8) is 0 Å². The molecule has 6 nitrogen and oxygen atoms in total. The standard InChI is InChI=1S/C28H29N3O3/c1-20-3-5-21(6-4-20)28(12-2-13-28)22-7-9-24(10-8-22)34-16-23-11-14-29-26(30-23)31-17-27(15-25(31)32)18-33-19-27/h3-11,14H,2,12-13,15-19H2,1H3. The first-order chi connectivity index (χ1) is 16.6. The molecule has 3 heterocycles. The van der Waals surface area contributed by atoms with E-state index in [4.69, 9.17) is 9.47 Å². The van der Waals surface area contributed by atoms with E-state index in [1.165, 1.54) is 36.0 Å². The lowest BCUT2D eigenvalue weighted by Crippen LogP contribution is -2.44.